The first-order valence-corrected chi connectivity index (χ1v) is 8.64. The lowest BCUT2D eigenvalue weighted by Gasteiger charge is -2.15. The highest BCUT2D eigenvalue weighted by molar-refractivity contribution is 5.55. The number of pyridine rings is 1. The molecule has 3 atom stereocenters. The van der Waals surface area contributed by atoms with Crippen molar-refractivity contribution in [2.24, 2.45) is 0 Å². The Morgan fingerprint density at radius 3 is 2.89 bits per heavy atom. The lowest BCUT2D eigenvalue weighted by atomic mass is 10.2. The Morgan fingerprint density at radius 1 is 1.32 bits per heavy atom. The zero-order chi connectivity index (χ0) is 19.7. The molecule has 1 saturated heterocycles. The lowest BCUT2D eigenvalue weighted by molar-refractivity contribution is -0.0460. The third-order valence-electron chi connectivity index (χ3n) is 4.56. The van der Waals surface area contributed by atoms with Crippen LogP contribution in [0.5, 0.6) is 0 Å². The zero-order valence-electron chi connectivity index (χ0n) is 14.7. The number of H-pyrrole nitrogens is 1. The predicted octanol–water partition coefficient (Wildman–Crippen LogP) is -1.12. The van der Waals surface area contributed by atoms with E-state index in [4.69, 9.17) is 4.74 Å². The molecule has 4 rings (SSSR count). The topological polar surface area (TPSA) is 148 Å². The molecule has 0 aliphatic carbocycles. The zero-order valence-corrected chi connectivity index (χ0v) is 14.7. The third kappa shape index (κ3) is 3.50. The van der Waals surface area contributed by atoms with Crippen molar-refractivity contribution in [3.63, 3.8) is 0 Å². The summed E-state index contributed by atoms with van der Waals surface area (Å²) in [6, 6.07) is 3.62. The summed E-state index contributed by atoms with van der Waals surface area (Å²) in [5, 5.41) is 27.2. The van der Waals surface area contributed by atoms with Crippen molar-refractivity contribution in [2.45, 2.75) is 31.4 Å². The van der Waals surface area contributed by atoms with Gasteiger partial charge in [-0.15, -0.1) is 5.10 Å². The summed E-state index contributed by atoms with van der Waals surface area (Å²) >= 11 is 0. The van der Waals surface area contributed by atoms with E-state index in [9.17, 15) is 19.8 Å². The SMILES string of the molecule is O=c1[nH]c(=O)n([C@H]2C[C@H](O)[C@@H](CO)O2)cc1Cn1cc(-c2cccnc2)nn1. The number of ether oxygens (including phenoxy) is 1. The highest BCUT2D eigenvalue weighted by Crippen LogP contribution is 2.27. The van der Waals surface area contributed by atoms with E-state index in [1.165, 1.54) is 15.4 Å². The second-order valence-corrected chi connectivity index (χ2v) is 6.48. The number of aliphatic hydroxyl groups is 2. The van der Waals surface area contributed by atoms with Crippen LogP contribution in [0.1, 0.15) is 18.2 Å². The number of aliphatic hydroxyl groups excluding tert-OH is 2. The van der Waals surface area contributed by atoms with Gasteiger partial charge in [0.05, 0.1) is 31.0 Å². The summed E-state index contributed by atoms with van der Waals surface area (Å²) in [4.78, 5) is 30.6. The van der Waals surface area contributed by atoms with Gasteiger partial charge in [-0.2, -0.15) is 0 Å². The van der Waals surface area contributed by atoms with Crippen LogP contribution in [0.2, 0.25) is 0 Å². The van der Waals surface area contributed by atoms with Gasteiger partial charge in [-0.1, -0.05) is 5.21 Å². The van der Waals surface area contributed by atoms with Crippen LogP contribution in [-0.2, 0) is 11.3 Å². The van der Waals surface area contributed by atoms with Crippen molar-refractivity contribution in [1.82, 2.24) is 29.5 Å². The summed E-state index contributed by atoms with van der Waals surface area (Å²) in [5.74, 6) is 0. The Balaban J connectivity index is 1.60. The van der Waals surface area contributed by atoms with Crippen LogP contribution in [0, 0.1) is 0 Å². The molecule has 4 heterocycles. The molecular formula is C17H18N6O5. The minimum atomic E-state index is -0.894. The van der Waals surface area contributed by atoms with Crippen molar-refractivity contribution in [3.8, 4) is 11.3 Å². The van der Waals surface area contributed by atoms with Crippen LogP contribution in [-0.4, -0.2) is 58.6 Å². The second-order valence-electron chi connectivity index (χ2n) is 6.48. The van der Waals surface area contributed by atoms with Crippen LogP contribution >= 0.6 is 0 Å². The van der Waals surface area contributed by atoms with Gasteiger partial charge < -0.3 is 14.9 Å². The van der Waals surface area contributed by atoms with Crippen molar-refractivity contribution in [1.29, 1.82) is 0 Å². The van der Waals surface area contributed by atoms with Crippen molar-refractivity contribution >= 4 is 0 Å². The van der Waals surface area contributed by atoms with Gasteiger partial charge in [-0.3, -0.25) is 19.3 Å². The molecule has 1 aliphatic rings. The van der Waals surface area contributed by atoms with Gasteiger partial charge in [0.1, 0.15) is 18.0 Å². The molecule has 11 nitrogen and oxygen atoms in total. The van der Waals surface area contributed by atoms with Crippen molar-refractivity contribution < 1.29 is 14.9 Å². The smallest absolute Gasteiger partial charge is 0.330 e. The first-order valence-electron chi connectivity index (χ1n) is 8.64. The standard InChI is InChI=1S/C17H18N6O5/c24-9-14-13(25)4-15(28-14)23-7-11(16(26)19-17(23)27)6-22-8-12(20-21-22)10-2-1-3-18-5-10/h1-3,5,7-8,13-15,24-25H,4,6,9H2,(H,19,26,27)/t13-,14+,15+/m0/s1. The first-order chi connectivity index (χ1) is 13.5. The molecule has 0 bridgehead atoms. The maximum Gasteiger partial charge on any atom is 0.330 e. The number of aromatic nitrogens is 6. The van der Waals surface area contributed by atoms with E-state index in [0.29, 0.717) is 5.69 Å². The van der Waals surface area contributed by atoms with Gasteiger partial charge in [0.2, 0.25) is 0 Å². The Hall–Kier alpha value is -3.15. The fourth-order valence-corrected chi connectivity index (χ4v) is 3.10. The molecule has 11 heteroatoms. The lowest BCUT2D eigenvalue weighted by Crippen LogP contribution is -2.34. The summed E-state index contributed by atoms with van der Waals surface area (Å²) in [5.41, 5.74) is 0.464. The molecule has 3 N–H and O–H groups in total. The molecule has 0 unspecified atom stereocenters. The monoisotopic (exact) mass is 386 g/mol. The van der Waals surface area contributed by atoms with Gasteiger partial charge >= 0.3 is 5.69 Å². The molecule has 3 aromatic heterocycles. The molecule has 146 valence electrons. The summed E-state index contributed by atoms with van der Waals surface area (Å²) in [6.07, 6.45) is 4.04. The Bertz CT molecular complexity index is 1080. The number of nitrogens with zero attached hydrogens (tertiary/aromatic N) is 5. The highest BCUT2D eigenvalue weighted by atomic mass is 16.5. The second kappa shape index (κ2) is 7.46. The van der Waals surface area contributed by atoms with Crippen LogP contribution in [0.3, 0.4) is 0 Å². The number of nitrogens with one attached hydrogen (secondary N) is 1. The quantitative estimate of drug-likeness (QED) is 0.499. The normalized spacial score (nSPS) is 21.9. The number of hydrogen-bond acceptors (Lipinski definition) is 8. The Labute approximate surface area is 157 Å². The van der Waals surface area contributed by atoms with Gasteiger partial charge in [0, 0.05) is 30.6 Å². The highest BCUT2D eigenvalue weighted by Gasteiger charge is 2.35. The number of hydrogen-bond donors (Lipinski definition) is 3. The third-order valence-corrected chi connectivity index (χ3v) is 4.56. The molecule has 0 amide bonds. The number of rotatable bonds is 5. The van der Waals surface area contributed by atoms with Crippen LogP contribution in [0.4, 0.5) is 0 Å². The van der Waals surface area contributed by atoms with Crippen molar-refractivity contribution in [2.75, 3.05) is 6.61 Å². The van der Waals surface area contributed by atoms with Crippen LogP contribution in [0.25, 0.3) is 11.3 Å². The van der Waals surface area contributed by atoms with E-state index >= 15 is 0 Å². The van der Waals surface area contributed by atoms with E-state index in [1.807, 2.05) is 6.07 Å². The minimum absolute atomic E-state index is 0.0849. The van der Waals surface area contributed by atoms with Crippen molar-refractivity contribution in [3.05, 3.63) is 63.3 Å². The van der Waals surface area contributed by atoms with E-state index in [1.54, 1.807) is 24.7 Å². The average Bonchev–Trinajstić information content (AvgIpc) is 3.31. The maximum atomic E-state index is 12.2. The molecule has 0 radical (unpaired) electrons. The van der Waals surface area contributed by atoms with Gasteiger partial charge in [-0.05, 0) is 12.1 Å². The number of aromatic amines is 1. The summed E-state index contributed by atoms with van der Waals surface area (Å²) < 4.78 is 8.17. The van der Waals surface area contributed by atoms with E-state index in [-0.39, 0.29) is 25.1 Å². The van der Waals surface area contributed by atoms with E-state index in [2.05, 4.69) is 20.3 Å². The van der Waals surface area contributed by atoms with E-state index < -0.39 is 29.7 Å². The first kappa shape index (κ1) is 18.2. The Morgan fingerprint density at radius 2 is 2.18 bits per heavy atom. The van der Waals surface area contributed by atoms with E-state index in [0.717, 1.165) is 5.56 Å². The molecule has 1 aliphatic heterocycles. The van der Waals surface area contributed by atoms with Gasteiger partial charge in [0.15, 0.2) is 0 Å². The maximum absolute atomic E-state index is 12.2. The minimum Gasteiger partial charge on any atom is -0.394 e. The largest absolute Gasteiger partial charge is 0.394 e. The molecule has 0 saturated carbocycles. The molecular weight excluding hydrogens is 368 g/mol. The van der Waals surface area contributed by atoms with Gasteiger partial charge in [-0.25, -0.2) is 9.48 Å². The fraction of sp³-hybridized carbons (Fsp3) is 0.353. The van der Waals surface area contributed by atoms with Crippen LogP contribution in [0.15, 0.2) is 46.5 Å². The Kier molecular flexibility index (Phi) is 4.86. The predicted molar refractivity (Wildman–Crippen MR) is 95.3 cm³/mol. The fourth-order valence-electron chi connectivity index (χ4n) is 3.10. The molecule has 1 fully saturated rings. The average molecular weight is 386 g/mol. The van der Waals surface area contributed by atoms with Gasteiger partial charge in [0.25, 0.3) is 5.56 Å². The summed E-state index contributed by atoms with van der Waals surface area (Å²) in [7, 11) is 0. The van der Waals surface area contributed by atoms with Crippen LogP contribution < -0.4 is 11.2 Å². The molecule has 3 aromatic rings. The molecule has 0 aromatic carbocycles. The molecule has 0 spiro atoms. The summed E-state index contributed by atoms with van der Waals surface area (Å²) in [6.45, 7) is -0.277. The molecule has 28 heavy (non-hydrogen) atoms.